The summed E-state index contributed by atoms with van der Waals surface area (Å²) >= 11 is 0. The van der Waals surface area contributed by atoms with Crippen LogP contribution in [0.3, 0.4) is 0 Å². The summed E-state index contributed by atoms with van der Waals surface area (Å²) in [5.41, 5.74) is 7.07. The number of hydrogen-bond acceptors (Lipinski definition) is 3. The largest absolute Gasteiger partial charge is 0.497 e. The lowest BCUT2D eigenvalue weighted by molar-refractivity contribution is 0.120. The summed E-state index contributed by atoms with van der Waals surface area (Å²) < 4.78 is 10.8. The molecule has 3 N–H and O–H groups in total. The second kappa shape index (κ2) is 10.1. The highest BCUT2D eigenvalue weighted by Gasteiger charge is 2.12. The summed E-state index contributed by atoms with van der Waals surface area (Å²) in [5, 5.41) is 3.32. The van der Waals surface area contributed by atoms with Crippen molar-refractivity contribution in [1.29, 1.82) is 0 Å². The molecule has 1 aromatic carbocycles. The van der Waals surface area contributed by atoms with Gasteiger partial charge in [0.05, 0.1) is 13.7 Å². The number of ether oxygens (including phenoxy) is 2. The van der Waals surface area contributed by atoms with Gasteiger partial charge in [-0.15, -0.1) is 0 Å². The molecular formula is C18H29N3O2. The van der Waals surface area contributed by atoms with Gasteiger partial charge in [0.1, 0.15) is 5.75 Å². The molecule has 0 spiro atoms. The molecule has 0 bridgehead atoms. The molecule has 1 aliphatic rings. The topological polar surface area (TPSA) is 68.9 Å². The highest BCUT2D eigenvalue weighted by Crippen LogP contribution is 2.17. The first-order valence-electron chi connectivity index (χ1n) is 8.55. The van der Waals surface area contributed by atoms with E-state index >= 15 is 0 Å². The van der Waals surface area contributed by atoms with Crippen LogP contribution < -0.4 is 15.8 Å². The number of rotatable bonds is 8. The molecule has 1 saturated carbocycles. The number of nitrogens with zero attached hydrogens (tertiary/aromatic N) is 1. The van der Waals surface area contributed by atoms with E-state index in [0.717, 1.165) is 17.7 Å². The molecule has 1 fully saturated rings. The fraction of sp³-hybridized carbons (Fsp3) is 0.611. The molecular weight excluding hydrogens is 290 g/mol. The third-order valence-electron chi connectivity index (χ3n) is 4.11. The summed E-state index contributed by atoms with van der Waals surface area (Å²) in [5.74, 6) is 1.44. The summed E-state index contributed by atoms with van der Waals surface area (Å²) in [6.07, 6.45) is 7.24. The van der Waals surface area contributed by atoms with Crippen molar-refractivity contribution in [2.24, 2.45) is 10.7 Å². The van der Waals surface area contributed by atoms with Crippen LogP contribution in [0.4, 0.5) is 0 Å². The molecule has 0 saturated heterocycles. The fourth-order valence-corrected chi connectivity index (χ4v) is 2.78. The Kier molecular flexibility index (Phi) is 7.73. The van der Waals surface area contributed by atoms with Gasteiger partial charge in [0.25, 0.3) is 0 Å². The van der Waals surface area contributed by atoms with Gasteiger partial charge in [0.2, 0.25) is 0 Å². The van der Waals surface area contributed by atoms with Gasteiger partial charge in [-0.1, -0.05) is 31.4 Å². The van der Waals surface area contributed by atoms with Crippen LogP contribution in [0.2, 0.25) is 0 Å². The van der Waals surface area contributed by atoms with Crippen molar-refractivity contribution in [3.63, 3.8) is 0 Å². The first kappa shape index (κ1) is 17.6. The van der Waals surface area contributed by atoms with Crippen LogP contribution in [0.15, 0.2) is 29.3 Å². The molecule has 0 unspecified atom stereocenters. The Morgan fingerprint density at radius 2 is 1.96 bits per heavy atom. The minimum Gasteiger partial charge on any atom is -0.497 e. The van der Waals surface area contributed by atoms with E-state index in [0.29, 0.717) is 31.8 Å². The molecule has 0 aromatic heterocycles. The molecule has 0 atom stereocenters. The smallest absolute Gasteiger partial charge is 0.188 e. The minimum atomic E-state index is 0.513. The lowest BCUT2D eigenvalue weighted by Crippen LogP contribution is -2.41. The normalized spacial score (nSPS) is 16.3. The van der Waals surface area contributed by atoms with Crippen LogP contribution in [-0.2, 0) is 11.3 Å². The molecule has 128 valence electrons. The van der Waals surface area contributed by atoms with Gasteiger partial charge in [-0.2, -0.15) is 0 Å². The molecule has 5 heteroatoms. The predicted molar refractivity (Wildman–Crippen MR) is 93.8 cm³/mol. The van der Waals surface area contributed by atoms with Crippen molar-refractivity contribution in [3.05, 3.63) is 29.8 Å². The van der Waals surface area contributed by atoms with Crippen LogP contribution in [0.25, 0.3) is 0 Å². The van der Waals surface area contributed by atoms with Crippen LogP contribution in [0, 0.1) is 0 Å². The summed E-state index contributed by atoms with van der Waals surface area (Å²) in [6, 6.07) is 8.44. The average Bonchev–Trinajstić information content (AvgIpc) is 2.59. The van der Waals surface area contributed by atoms with Crippen molar-refractivity contribution in [2.45, 2.75) is 51.2 Å². The Morgan fingerprint density at radius 1 is 1.22 bits per heavy atom. The highest BCUT2D eigenvalue weighted by atomic mass is 16.5. The summed E-state index contributed by atoms with van der Waals surface area (Å²) in [4.78, 5) is 4.37. The lowest BCUT2D eigenvalue weighted by Gasteiger charge is -2.23. The van der Waals surface area contributed by atoms with Crippen molar-refractivity contribution >= 4 is 5.96 Å². The zero-order valence-electron chi connectivity index (χ0n) is 14.1. The number of guanidine groups is 1. The highest BCUT2D eigenvalue weighted by molar-refractivity contribution is 5.78. The monoisotopic (exact) mass is 319 g/mol. The minimum absolute atomic E-state index is 0.513. The maximum atomic E-state index is 5.92. The Balaban J connectivity index is 1.54. The number of hydrogen-bond donors (Lipinski definition) is 2. The quantitative estimate of drug-likeness (QED) is 0.439. The molecule has 2 rings (SSSR count). The summed E-state index contributed by atoms with van der Waals surface area (Å²) in [7, 11) is 1.67. The third-order valence-corrected chi connectivity index (χ3v) is 4.11. The Morgan fingerprint density at radius 3 is 2.65 bits per heavy atom. The first-order chi connectivity index (χ1) is 11.3. The van der Waals surface area contributed by atoms with Crippen LogP contribution >= 0.6 is 0 Å². The Labute approximate surface area is 139 Å². The number of nitrogens with one attached hydrogen (secondary N) is 1. The summed E-state index contributed by atoms with van der Waals surface area (Å²) in [6.45, 7) is 2.00. The van der Waals surface area contributed by atoms with E-state index in [1.807, 2.05) is 24.3 Å². The number of methoxy groups -OCH3 is 1. The zero-order valence-corrected chi connectivity index (χ0v) is 14.1. The van der Waals surface area contributed by atoms with Crippen molar-refractivity contribution < 1.29 is 9.47 Å². The Bertz CT molecular complexity index is 468. The zero-order chi connectivity index (χ0) is 16.3. The predicted octanol–water partition coefficient (Wildman–Crippen LogP) is 2.84. The maximum absolute atomic E-state index is 5.92. The number of aliphatic imine (C=N–C) groups is 1. The van der Waals surface area contributed by atoms with E-state index in [-0.39, 0.29) is 0 Å². The van der Waals surface area contributed by atoms with Gasteiger partial charge in [-0.05, 0) is 37.0 Å². The van der Waals surface area contributed by atoms with Gasteiger partial charge >= 0.3 is 0 Å². The van der Waals surface area contributed by atoms with E-state index in [4.69, 9.17) is 15.2 Å². The van der Waals surface area contributed by atoms with Gasteiger partial charge < -0.3 is 20.5 Å². The molecule has 23 heavy (non-hydrogen) atoms. The molecule has 0 amide bonds. The van der Waals surface area contributed by atoms with E-state index < -0.39 is 0 Å². The van der Waals surface area contributed by atoms with Gasteiger partial charge in [0, 0.05) is 19.2 Å². The maximum Gasteiger partial charge on any atom is 0.188 e. The SMILES string of the molecule is COc1ccc(COCCCN=C(N)NC2CCCCC2)cc1. The standard InChI is InChI=1S/C18H29N3O2/c1-22-17-10-8-15(9-11-17)14-23-13-5-12-20-18(19)21-16-6-3-2-4-7-16/h8-11,16H,2-7,12-14H2,1H3,(H3,19,20,21). The van der Waals surface area contributed by atoms with E-state index in [1.54, 1.807) is 7.11 Å². The van der Waals surface area contributed by atoms with Crippen LogP contribution in [-0.4, -0.2) is 32.3 Å². The molecule has 0 radical (unpaired) electrons. The van der Waals surface area contributed by atoms with Gasteiger partial charge in [-0.3, -0.25) is 4.99 Å². The van der Waals surface area contributed by atoms with Crippen LogP contribution in [0.1, 0.15) is 44.1 Å². The van der Waals surface area contributed by atoms with Crippen LogP contribution in [0.5, 0.6) is 5.75 Å². The lowest BCUT2D eigenvalue weighted by atomic mass is 9.96. The first-order valence-corrected chi connectivity index (χ1v) is 8.55. The van der Waals surface area contributed by atoms with Crippen molar-refractivity contribution in [1.82, 2.24) is 5.32 Å². The molecule has 0 heterocycles. The third kappa shape index (κ3) is 6.91. The molecule has 1 aliphatic carbocycles. The average molecular weight is 319 g/mol. The van der Waals surface area contributed by atoms with E-state index in [9.17, 15) is 0 Å². The molecule has 0 aliphatic heterocycles. The van der Waals surface area contributed by atoms with E-state index in [1.165, 1.54) is 32.1 Å². The van der Waals surface area contributed by atoms with E-state index in [2.05, 4.69) is 10.3 Å². The fourth-order valence-electron chi connectivity index (χ4n) is 2.78. The number of nitrogens with two attached hydrogens (primary N) is 1. The Hall–Kier alpha value is -1.75. The van der Waals surface area contributed by atoms with Gasteiger partial charge in [-0.25, -0.2) is 0 Å². The number of benzene rings is 1. The molecule has 5 nitrogen and oxygen atoms in total. The second-order valence-electron chi connectivity index (χ2n) is 6.00. The van der Waals surface area contributed by atoms with Gasteiger partial charge in [0.15, 0.2) is 5.96 Å². The molecule has 1 aromatic rings. The van der Waals surface area contributed by atoms with Crippen molar-refractivity contribution in [3.8, 4) is 5.75 Å². The second-order valence-corrected chi connectivity index (χ2v) is 6.00. The van der Waals surface area contributed by atoms with Crippen molar-refractivity contribution in [2.75, 3.05) is 20.3 Å².